The minimum absolute atomic E-state index is 0.0815. The first kappa shape index (κ1) is 15.8. The van der Waals surface area contributed by atoms with Crippen LogP contribution in [0.3, 0.4) is 0 Å². The molecule has 1 aliphatic rings. The zero-order valence-corrected chi connectivity index (χ0v) is 14.9. The van der Waals surface area contributed by atoms with E-state index in [1.54, 1.807) is 16.2 Å². The lowest BCUT2D eigenvalue weighted by Gasteiger charge is -2.08. The van der Waals surface area contributed by atoms with Crippen molar-refractivity contribution in [3.63, 3.8) is 0 Å². The van der Waals surface area contributed by atoms with E-state index in [4.69, 9.17) is 4.98 Å². The molecular weight excluding hydrogens is 332 g/mol. The van der Waals surface area contributed by atoms with Crippen molar-refractivity contribution < 1.29 is 4.79 Å². The minimum Gasteiger partial charge on any atom is -0.336 e. The van der Waals surface area contributed by atoms with E-state index in [1.807, 2.05) is 25.3 Å². The molecule has 1 saturated heterocycles. The third kappa shape index (κ3) is 3.00. The average molecular weight is 350 g/mol. The highest BCUT2D eigenvalue weighted by Crippen LogP contribution is 2.40. The van der Waals surface area contributed by atoms with E-state index in [0.29, 0.717) is 13.1 Å². The van der Waals surface area contributed by atoms with E-state index in [-0.39, 0.29) is 6.03 Å². The van der Waals surface area contributed by atoms with Gasteiger partial charge in [0.25, 0.3) is 0 Å². The molecule has 2 aromatic heterocycles. The second kappa shape index (κ2) is 6.29. The fourth-order valence-corrected chi connectivity index (χ4v) is 4.06. The molecule has 1 aliphatic heterocycles. The van der Waals surface area contributed by atoms with E-state index in [1.165, 1.54) is 5.56 Å². The Morgan fingerprint density at radius 1 is 1.16 bits per heavy atom. The number of carbonyl (C=O) groups is 1. The normalized spacial score (nSPS) is 14.0. The van der Waals surface area contributed by atoms with Gasteiger partial charge in [0.15, 0.2) is 5.13 Å². The highest BCUT2D eigenvalue weighted by atomic mass is 32.1. The van der Waals surface area contributed by atoms with Crippen molar-refractivity contribution in [2.45, 2.75) is 13.8 Å². The predicted octanol–water partition coefficient (Wildman–Crippen LogP) is 4.02. The molecule has 0 unspecified atom stereocenters. The summed E-state index contributed by atoms with van der Waals surface area (Å²) >= 11 is 1.55. The van der Waals surface area contributed by atoms with E-state index in [9.17, 15) is 4.79 Å². The Hall–Kier alpha value is -2.73. The predicted molar refractivity (Wildman–Crippen MR) is 101 cm³/mol. The maximum absolute atomic E-state index is 12.0. The Morgan fingerprint density at radius 3 is 2.76 bits per heavy atom. The number of rotatable bonds is 3. The van der Waals surface area contributed by atoms with Crippen LogP contribution in [0.2, 0.25) is 0 Å². The summed E-state index contributed by atoms with van der Waals surface area (Å²) in [6.07, 6.45) is 1.81. The van der Waals surface area contributed by atoms with Crippen LogP contribution in [0.15, 0.2) is 42.6 Å². The van der Waals surface area contributed by atoms with E-state index < -0.39 is 0 Å². The molecule has 1 fully saturated rings. The largest absolute Gasteiger partial charge is 0.336 e. The lowest BCUT2D eigenvalue weighted by molar-refractivity contribution is 0.252. The number of hydrogen-bond acceptors (Lipinski definition) is 4. The lowest BCUT2D eigenvalue weighted by Crippen LogP contribution is -2.27. The standard InChI is InChI=1S/C19H18N4OS/c1-12-4-3-5-14(10-12)16-17(15-6-7-20-13(2)11-15)25-19(22-16)23-9-8-21-18(23)24/h3-7,10-11H,8-9H2,1-2H3,(H,21,24). The Kier molecular flexibility index (Phi) is 3.97. The number of nitrogens with one attached hydrogen (secondary N) is 1. The highest BCUT2D eigenvalue weighted by molar-refractivity contribution is 7.19. The molecule has 0 bridgehead atoms. The van der Waals surface area contributed by atoms with Gasteiger partial charge in [-0.25, -0.2) is 9.78 Å². The number of hydrogen-bond donors (Lipinski definition) is 1. The third-order valence-corrected chi connectivity index (χ3v) is 5.28. The van der Waals surface area contributed by atoms with Crippen molar-refractivity contribution in [2.75, 3.05) is 18.0 Å². The van der Waals surface area contributed by atoms with Gasteiger partial charge in [0.05, 0.1) is 10.6 Å². The van der Waals surface area contributed by atoms with Gasteiger partial charge in [0, 0.05) is 30.5 Å². The summed E-state index contributed by atoms with van der Waals surface area (Å²) in [5.41, 5.74) is 5.19. The topological polar surface area (TPSA) is 58.1 Å². The van der Waals surface area contributed by atoms with Crippen LogP contribution in [-0.2, 0) is 0 Å². The molecule has 0 saturated carbocycles. The van der Waals surface area contributed by atoms with Crippen LogP contribution >= 0.6 is 11.3 Å². The van der Waals surface area contributed by atoms with E-state index in [0.717, 1.165) is 32.5 Å². The maximum atomic E-state index is 12.0. The molecule has 2 amide bonds. The lowest BCUT2D eigenvalue weighted by atomic mass is 10.1. The number of carbonyl (C=O) groups excluding carboxylic acids is 1. The van der Waals surface area contributed by atoms with Crippen molar-refractivity contribution in [1.82, 2.24) is 15.3 Å². The molecule has 1 aromatic carbocycles. The van der Waals surface area contributed by atoms with E-state index >= 15 is 0 Å². The highest BCUT2D eigenvalue weighted by Gasteiger charge is 2.26. The number of nitrogens with zero attached hydrogens (tertiary/aromatic N) is 3. The number of benzene rings is 1. The molecule has 6 heteroatoms. The summed E-state index contributed by atoms with van der Waals surface area (Å²) in [6.45, 7) is 5.35. The average Bonchev–Trinajstić information content (AvgIpc) is 3.21. The Bertz CT molecular complexity index is 887. The van der Waals surface area contributed by atoms with Crippen LogP contribution in [0.25, 0.3) is 21.7 Å². The van der Waals surface area contributed by atoms with Crippen molar-refractivity contribution in [3.05, 3.63) is 53.9 Å². The number of amides is 2. The van der Waals surface area contributed by atoms with Gasteiger partial charge in [-0.05, 0) is 37.6 Å². The molecule has 126 valence electrons. The number of aromatic nitrogens is 2. The maximum Gasteiger partial charge on any atom is 0.323 e. The molecule has 0 aliphatic carbocycles. The van der Waals surface area contributed by atoms with Crippen LogP contribution in [0.4, 0.5) is 9.93 Å². The monoisotopic (exact) mass is 350 g/mol. The van der Waals surface area contributed by atoms with Gasteiger partial charge < -0.3 is 5.32 Å². The number of aryl methyl sites for hydroxylation is 2. The fraction of sp³-hybridized carbons (Fsp3) is 0.211. The first-order valence-corrected chi connectivity index (χ1v) is 9.00. The zero-order valence-electron chi connectivity index (χ0n) is 14.1. The molecule has 0 atom stereocenters. The number of urea groups is 1. The Balaban J connectivity index is 1.88. The number of anilines is 1. The van der Waals surface area contributed by atoms with Gasteiger partial charge in [-0.1, -0.05) is 35.1 Å². The summed E-state index contributed by atoms with van der Waals surface area (Å²) in [6, 6.07) is 12.3. The number of thiazole rings is 1. The van der Waals surface area contributed by atoms with E-state index in [2.05, 4.69) is 41.5 Å². The molecule has 0 radical (unpaired) electrons. The smallest absolute Gasteiger partial charge is 0.323 e. The van der Waals surface area contributed by atoms with Gasteiger partial charge in [0.2, 0.25) is 0 Å². The first-order valence-electron chi connectivity index (χ1n) is 8.18. The summed E-state index contributed by atoms with van der Waals surface area (Å²) in [7, 11) is 0. The zero-order chi connectivity index (χ0) is 17.4. The molecule has 4 rings (SSSR count). The van der Waals surface area contributed by atoms with Gasteiger partial charge in [-0.3, -0.25) is 9.88 Å². The minimum atomic E-state index is -0.0815. The molecule has 0 spiro atoms. The molecule has 3 heterocycles. The second-order valence-electron chi connectivity index (χ2n) is 6.11. The van der Waals surface area contributed by atoms with Crippen molar-refractivity contribution in [2.24, 2.45) is 0 Å². The van der Waals surface area contributed by atoms with Gasteiger partial charge in [-0.2, -0.15) is 0 Å². The van der Waals surface area contributed by atoms with Crippen LogP contribution in [-0.4, -0.2) is 29.1 Å². The van der Waals surface area contributed by atoms with Crippen LogP contribution in [0, 0.1) is 13.8 Å². The molecular formula is C19H18N4OS. The van der Waals surface area contributed by atoms with Crippen molar-refractivity contribution >= 4 is 22.5 Å². The summed E-state index contributed by atoms with van der Waals surface area (Å²) in [4.78, 5) is 23.9. The third-order valence-electron chi connectivity index (χ3n) is 4.15. The Labute approximate surface area is 150 Å². The molecule has 1 N–H and O–H groups in total. The Morgan fingerprint density at radius 2 is 2.04 bits per heavy atom. The van der Waals surface area contributed by atoms with Crippen molar-refractivity contribution in [1.29, 1.82) is 0 Å². The molecule has 3 aromatic rings. The van der Waals surface area contributed by atoms with Gasteiger partial charge in [-0.15, -0.1) is 0 Å². The SMILES string of the molecule is Cc1cccc(-c2nc(N3CCNC3=O)sc2-c2ccnc(C)c2)c1. The summed E-state index contributed by atoms with van der Waals surface area (Å²) in [5.74, 6) is 0. The van der Waals surface area contributed by atoms with Crippen LogP contribution in [0.1, 0.15) is 11.3 Å². The van der Waals surface area contributed by atoms with Crippen molar-refractivity contribution in [3.8, 4) is 21.7 Å². The number of pyridine rings is 1. The second-order valence-corrected chi connectivity index (χ2v) is 7.09. The van der Waals surface area contributed by atoms with Crippen LogP contribution in [0.5, 0.6) is 0 Å². The van der Waals surface area contributed by atoms with Gasteiger partial charge >= 0.3 is 6.03 Å². The molecule has 25 heavy (non-hydrogen) atoms. The quantitative estimate of drug-likeness (QED) is 0.776. The molecule has 5 nitrogen and oxygen atoms in total. The van der Waals surface area contributed by atoms with Gasteiger partial charge in [0.1, 0.15) is 0 Å². The van der Waals surface area contributed by atoms with Crippen LogP contribution < -0.4 is 10.2 Å². The summed E-state index contributed by atoms with van der Waals surface area (Å²) < 4.78 is 0. The summed E-state index contributed by atoms with van der Waals surface area (Å²) in [5, 5.41) is 3.57. The fourth-order valence-electron chi connectivity index (χ4n) is 2.95. The first-order chi connectivity index (χ1) is 12.1.